The Morgan fingerprint density at radius 3 is 2.24 bits per heavy atom. The predicted octanol–water partition coefficient (Wildman–Crippen LogP) is 3.91. The third kappa shape index (κ3) is 4.41. The summed E-state index contributed by atoms with van der Waals surface area (Å²) in [4.78, 5) is 19.3. The Morgan fingerprint density at radius 2 is 1.66 bits per heavy atom. The second kappa shape index (κ2) is 8.53. The lowest BCUT2D eigenvalue weighted by Crippen LogP contribution is -2.06. The van der Waals surface area contributed by atoms with E-state index in [2.05, 4.69) is 20.6 Å². The number of anilines is 5. The van der Waals surface area contributed by atoms with E-state index in [1.54, 1.807) is 24.3 Å². The SMILES string of the molecule is COc1cc(OC)c(Nc2ncnc(Nc3ccc(C(=O)O)cc3)c2N)cc1Cl. The molecule has 2 aromatic carbocycles. The summed E-state index contributed by atoms with van der Waals surface area (Å²) in [5, 5.41) is 15.5. The minimum Gasteiger partial charge on any atom is -0.495 e. The number of carboxylic acid groups (broad SMARTS) is 1. The summed E-state index contributed by atoms with van der Waals surface area (Å²) < 4.78 is 10.6. The number of nitrogens with one attached hydrogen (secondary N) is 2. The fraction of sp³-hybridized carbons (Fsp3) is 0.105. The standard InChI is InChI=1S/C19H18ClN5O4/c1-28-14-8-15(29-2)13(7-12(14)20)25-18-16(21)17(22-9-23-18)24-11-5-3-10(4-6-11)19(26)27/h3-9H,21H2,1-2H3,(H,26,27)(H2,22,23,24,25). The van der Waals surface area contributed by atoms with Gasteiger partial charge in [-0.25, -0.2) is 14.8 Å². The van der Waals surface area contributed by atoms with E-state index < -0.39 is 5.97 Å². The number of methoxy groups -OCH3 is 2. The van der Waals surface area contributed by atoms with Crippen molar-refractivity contribution in [2.45, 2.75) is 0 Å². The quantitative estimate of drug-likeness (QED) is 0.453. The minimum absolute atomic E-state index is 0.178. The van der Waals surface area contributed by atoms with Gasteiger partial charge in [-0.3, -0.25) is 0 Å². The highest BCUT2D eigenvalue weighted by atomic mass is 35.5. The lowest BCUT2D eigenvalue weighted by Gasteiger charge is -2.16. The topological polar surface area (TPSA) is 132 Å². The Balaban J connectivity index is 1.87. The monoisotopic (exact) mass is 415 g/mol. The largest absolute Gasteiger partial charge is 0.495 e. The molecule has 5 N–H and O–H groups in total. The highest BCUT2D eigenvalue weighted by Crippen LogP contribution is 2.38. The number of hydrogen-bond donors (Lipinski definition) is 4. The van der Waals surface area contributed by atoms with Crippen LogP contribution in [0.2, 0.25) is 5.02 Å². The number of benzene rings is 2. The molecular formula is C19H18ClN5O4. The van der Waals surface area contributed by atoms with Gasteiger partial charge in [0.1, 0.15) is 23.5 Å². The van der Waals surface area contributed by atoms with E-state index in [1.165, 1.54) is 32.7 Å². The highest BCUT2D eigenvalue weighted by Gasteiger charge is 2.14. The van der Waals surface area contributed by atoms with Gasteiger partial charge in [0.25, 0.3) is 0 Å². The van der Waals surface area contributed by atoms with Crippen LogP contribution in [0.5, 0.6) is 11.5 Å². The summed E-state index contributed by atoms with van der Waals surface area (Å²) in [6.07, 6.45) is 1.34. The van der Waals surface area contributed by atoms with Crippen LogP contribution in [0.3, 0.4) is 0 Å². The Bertz CT molecular complexity index is 1040. The number of ether oxygens (including phenoxy) is 2. The number of nitrogen functional groups attached to an aromatic ring is 1. The lowest BCUT2D eigenvalue weighted by atomic mass is 10.2. The first-order valence-corrected chi connectivity index (χ1v) is 8.70. The van der Waals surface area contributed by atoms with E-state index in [1.807, 2.05) is 0 Å². The predicted molar refractivity (Wildman–Crippen MR) is 111 cm³/mol. The Morgan fingerprint density at radius 1 is 1.03 bits per heavy atom. The number of rotatable bonds is 7. The first kappa shape index (κ1) is 20.0. The van der Waals surface area contributed by atoms with Crippen molar-refractivity contribution >= 4 is 46.3 Å². The number of hydrogen-bond acceptors (Lipinski definition) is 8. The molecule has 1 heterocycles. The van der Waals surface area contributed by atoms with Crippen LogP contribution in [0.15, 0.2) is 42.7 Å². The van der Waals surface area contributed by atoms with Crippen LogP contribution in [0.4, 0.5) is 28.7 Å². The third-order valence-electron chi connectivity index (χ3n) is 4.01. The molecule has 0 spiro atoms. The van der Waals surface area contributed by atoms with Crippen molar-refractivity contribution in [1.29, 1.82) is 0 Å². The summed E-state index contributed by atoms with van der Waals surface area (Å²) in [6.45, 7) is 0. The van der Waals surface area contributed by atoms with Crippen LogP contribution in [0.25, 0.3) is 0 Å². The summed E-state index contributed by atoms with van der Waals surface area (Å²) >= 11 is 6.20. The number of aromatic carboxylic acids is 1. The minimum atomic E-state index is -1.00. The normalized spacial score (nSPS) is 10.3. The Hall–Kier alpha value is -3.72. The molecule has 0 saturated heterocycles. The van der Waals surface area contributed by atoms with Gasteiger partial charge in [-0.2, -0.15) is 0 Å². The van der Waals surface area contributed by atoms with E-state index in [0.29, 0.717) is 39.5 Å². The van der Waals surface area contributed by atoms with Gasteiger partial charge >= 0.3 is 5.97 Å². The maximum absolute atomic E-state index is 11.0. The first-order valence-electron chi connectivity index (χ1n) is 8.32. The second-order valence-electron chi connectivity index (χ2n) is 5.80. The van der Waals surface area contributed by atoms with E-state index in [-0.39, 0.29) is 11.3 Å². The van der Waals surface area contributed by atoms with Crippen LogP contribution in [0.1, 0.15) is 10.4 Å². The maximum atomic E-state index is 11.0. The van der Waals surface area contributed by atoms with Crippen molar-refractivity contribution in [3.8, 4) is 11.5 Å². The average molecular weight is 416 g/mol. The molecule has 0 atom stereocenters. The molecule has 29 heavy (non-hydrogen) atoms. The van der Waals surface area contributed by atoms with Gasteiger partial charge in [0.2, 0.25) is 0 Å². The van der Waals surface area contributed by atoms with Gasteiger partial charge < -0.3 is 30.9 Å². The molecule has 0 saturated carbocycles. The summed E-state index contributed by atoms with van der Waals surface area (Å²) in [5.74, 6) is 0.643. The number of aromatic nitrogens is 2. The number of nitrogens with two attached hydrogens (primary N) is 1. The maximum Gasteiger partial charge on any atom is 0.335 e. The summed E-state index contributed by atoms with van der Waals surface area (Å²) in [7, 11) is 3.03. The van der Waals surface area contributed by atoms with Gasteiger partial charge in [0.05, 0.1) is 30.5 Å². The number of halogens is 1. The van der Waals surface area contributed by atoms with Crippen molar-refractivity contribution in [3.63, 3.8) is 0 Å². The molecule has 150 valence electrons. The van der Waals surface area contributed by atoms with Crippen LogP contribution >= 0.6 is 11.6 Å². The molecule has 0 amide bonds. The molecule has 10 heteroatoms. The van der Waals surface area contributed by atoms with Crippen LogP contribution < -0.4 is 25.8 Å². The third-order valence-corrected chi connectivity index (χ3v) is 4.30. The zero-order valence-electron chi connectivity index (χ0n) is 15.6. The fourth-order valence-electron chi connectivity index (χ4n) is 2.51. The van der Waals surface area contributed by atoms with Crippen molar-refractivity contribution < 1.29 is 19.4 Å². The fourth-order valence-corrected chi connectivity index (χ4v) is 2.75. The van der Waals surface area contributed by atoms with Crippen molar-refractivity contribution in [2.75, 3.05) is 30.6 Å². The van der Waals surface area contributed by atoms with Crippen LogP contribution in [-0.4, -0.2) is 35.3 Å². The molecule has 0 fully saturated rings. The summed E-state index contributed by atoms with van der Waals surface area (Å²) in [6, 6.07) is 9.47. The van der Waals surface area contributed by atoms with Gasteiger partial charge in [-0.05, 0) is 30.3 Å². The second-order valence-corrected chi connectivity index (χ2v) is 6.21. The van der Waals surface area contributed by atoms with E-state index >= 15 is 0 Å². The van der Waals surface area contributed by atoms with Gasteiger partial charge in [-0.1, -0.05) is 11.6 Å². The molecule has 3 aromatic rings. The highest BCUT2D eigenvalue weighted by molar-refractivity contribution is 6.32. The first-order chi connectivity index (χ1) is 13.9. The Kier molecular flexibility index (Phi) is 5.89. The molecule has 0 aliphatic carbocycles. The number of carbonyl (C=O) groups is 1. The molecular weight excluding hydrogens is 398 g/mol. The molecule has 1 aromatic heterocycles. The molecule has 0 aliphatic heterocycles. The van der Waals surface area contributed by atoms with E-state index in [0.717, 1.165) is 0 Å². The lowest BCUT2D eigenvalue weighted by molar-refractivity contribution is 0.0697. The van der Waals surface area contributed by atoms with E-state index in [4.69, 9.17) is 31.9 Å². The molecule has 3 rings (SSSR count). The van der Waals surface area contributed by atoms with Crippen LogP contribution in [0, 0.1) is 0 Å². The Labute approximate surface area is 171 Å². The van der Waals surface area contributed by atoms with Crippen molar-refractivity contribution in [2.24, 2.45) is 0 Å². The molecule has 0 aliphatic rings. The number of carboxylic acids is 1. The average Bonchev–Trinajstić information content (AvgIpc) is 2.71. The zero-order valence-corrected chi connectivity index (χ0v) is 16.3. The number of nitrogens with zero attached hydrogens (tertiary/aromatic N) is 2. The zero-order chi connectivity index (χ0) is 21.0. The summed E-state index contributed by atoms with van der Waals surface area (Å²) in [5.41, 5.74) is 7.80. The molecule has 9 nitrogen and oxygen atoms in total. The molecule has 0 radical (unpaired) electrons. The smallest absolute Gasteiger partial charge is 0.335 e. The van der Waals surface area contributed by atoms with Gasteiger partial charge in [0, 0.05) is 11.8 Å². The molecule has 0 bridgehead atoms. The van der Waals surface area contributed by atoms with Gasteiger partial charge in [0.15, 0.2) is 11.6 Å². The van der Waals surface area contributed by atoms with Gasteiger partial charge in [-0.15, -0.1) is 0 Å². The van der Waals surface area contributed by atoms with Crippen molar-refractivity contribution in [3.05, 3.63) is 53.3 Å². The van der Waals surface area contributed by atoms with Crippen LogP contribution in [-0.2, 0) is 0 Å². The molecule has 0 unspecified atom stereocenters. The van der Waals surface area contributed by atoms with Crippen molar-refractivity contribution in [1.82, 2.24) is 9.97 Å². The van der Waals surface area contributed by atoms with E-state index in [9.17, 15) is 4.79 Å².